The van der Waals surface area contributed by atoms with Crippen LogP contribution in [0.4, 0.5) is 5.69 Å². The molecule has 0 heterocycles. The maximum Gasteiger partial charge on any atom is 0.337 e. The molecule has 1 aromatic rings. The second-order valence-electron chi connectivity index (χ2n) is 4.76. The number of benzene rings is 1. The average molecular weight is 278 g/mol. The molecular formula is C14H18N2O4. The van der Waals surface area contributed by atoms with Gasteiger partial charge < -0.3 is 15.7 Å². The van der Waals surface area contributed by atoms with Crippen LogP contribution in [-0.4, -0.2) is 28.9 Å². The van der Waals surface area contributed by atoms with E-state index in [-0.39, 0.29) is 23.1 Å². The third-order valence-corrected chi connectivity index (χ3v) is 2.72. The monoisotopic (exact) mass is 278 g/mol. The minimum absolute atomic E-state index is 0.00572. The fraction of sp³-hybridized carbons (Fsp3) is 0.357. The molecule has 2 amide bonds. The predicted molar refractivity (Wildman–Crippen MR) is 74.5 cm³/mol. The van der Waals surface area contributed by atoms with Gasteiger partial charge in [0.15, 0.2) is 0 Å². The Morgan fingerprint density at radius 2 is 1.75 bits per heavy atom. The zero-order valence-electron chi connectivity index (χ0n) is 11.6. The van der Waals surface area contributed by atoms with Gasteiger partial charge in [0.1, 0.15) is 6.04 Å². The van der Waals surface area contributed by atoms with Crippen molar-refractivity contribution in [2.24, 2.45) is 5.92 Å². The molecule has 0 saturated heterocycles. The third-order valence-electron chi connectivity index (χ3n) is 2.72. The van der Waals surface area contributed by atoms with Gasteiger partial charge in [0, 0.05) is 6.92 Å². The van der Waals surface area contributed by atoms with E-state index in [9.17, 15) is 14.4 Å². The van der Waals surface area contributed by atoms with E-state index in [0.717, 1.165) is 0 Å². The number of para-hydroxylation sites is 1. The molecule has 1 aromatic carbocycles. The number of carboxylic acid groups (broad SMARTS) is 1. The van der Waals surface area contributed by atoms with E-state index < -0.39 is 17.9 Å². The van der Waals surface area contributed by atoms with Gasteiger partial charge in [-0.2, -0.15) is 0 Å². The van der Waals surface area contributed by atoms with Gasteiger partial charge in [-0.15, -0.1) is 0 Å². The molecule has 3 N–H and O–H groups in total. The highest BCUT2D eigenvalue weighted by Crippen LogP contribution is 2.16. The van der Waals surface area contributed by atoms with Gasteiger partial charge in [0.05, 0.1) is 11.3 Å². The molecular weight excluding hydrogens is 260 g/mol. The quantitative estimate of drug-likeness (QED) is 0.760. The van der Waals surface area contributed by atoms with Crippen LogP contribution in [-0.2, 0) is 9.59 Å². The molecule has 20 heavy (non-hydrogen) atoms. The Balaban J connectivity index is 2.94. The zero-order valence-corrected chi connectivity index (χ0v) is 11.6. The highest BCUT2D eigenvalue weighted by atomic mass is 16.4. The van der Waals surface area contributed by atoms with E-state index in [1.165, 1.54) is 19.1 Å². The lowest BCUT2D eigenvalue weighted by atomic mass is 10.0. The molecule has 0 spiro atoms. The highest BCUT2D eigenvalue weighted by Gasteiger charge is 2.24. The number of carbonyl (C=O) groups is 3. The maximum atomic E-state index is 12.1. The highest BCUT2D eigenvalue weighted by molar-refractivity contribution is 6.03. The summed E-state index contributed by atoms with van der Waals surface area (Å²) in [4.78, 5) is 34.3. The van der Waals surface area contributed by atoms with E-state index in [0.29, 0.717) is 0 Å². The SMILES string of the molecule is CC(=O)NC(C(=O)Nc1ccccc1C(=O)O)C(C)C. The molecule has 0 saturated carbocycles. The van der Waals surface area contributed by atoms with Crippen LogP contribution in [0.1, 0.15) is 31.1 Å². The normalized spacial score (nSPS) is 11.8. The maximum absolute atomic E-state index is 12.1. The van der Waals surface area contributed by atoms with Gasteiger partial charge in [-0.1, -0.05) is 26.0 Å². The Bertz CT molecular complexity index is 526. The van der Waals surface area contributed by atoms with Crippen molar-refractivity contribution in [1.29, 1.82) is 0 Å². The topological polar surface area (TPSA) is 95.5 Å². The van der Waals surface area contributed by atoms with Crippen LogP contribution in [0.15, 0.2) is 24.3 Å². The first-order valence-corrected chi connectivity index (χ1v) is 6.23. The van der Waals surface area contributed by atoms with Crippen LogP contribution in [0, 0.1) is 5.92 Å². The summed E-state index contributed by atoms with van der Waals surface area (Å²) >= 11 is 0. The van der Waals surface area contributed by atoms with Crippen molar-refractivity contribution in [2.75, 3.05) is 5.32 Å². The third kappa shape index (κ3) is 4.08. The summed E-state index contributed by atoms with van der Waals surface area (Å²) in [5.74, 6) is -1.99. The summed E-state index contributed by atoms with van der Waals surface area (Å²) in [6.07, 6.45) is 0. The van der Waals surface area contributed by atoms with Gasteiger partial charge in [-0.25, -0.2) is 4.79 Å². The van der Waals surface area contributed by atoms with E-state index >= 15 is 0 Å². The van der Waals surface area contributed by atoms with Crippen molar-refractivity contribution in [3.05, 3.63) is 29.8 Å². The lowest BCUT2D eigenvalue weighted by molar-refractivity contribution is -0.126. The fourth-order valence-electron chi connectivity index (χ4n) is 1.74. The number of rotatable bonds is 5. The molecule has 6 heteroatoms. The molecule has 0 aromatic heterocycles. The van der Waals surface area contributed by atoms with Crippen LogP contribution in [0.25, 0.3) is 0 Å². The Labute approximate surface area is 117 Å². The van der Waals surface area contributed by atoms with E-state index in [2.05, 4.69) is 10.6 Å². The molecule has 0 aliphatic heterocycles. The minimum Gasteiger partial charge on any atom is -0.478 e. The number of hydrogen-bond donors (Lipinski definition) is 3. The van der Waals surface area contributed by atoms with Crippen molar-refractivity contribution in [3.8, 4) is 0 Å². The first-order chi connectivity index (χ1) is 9.32. The van der Waals surface area contributed by atoms with E-state index in [1.807, 2.05) is 0 Å². The Morgan fingerprint density at radius 3 is 2.25 bits per heavy atom. The Hall–Kier alpha value is -2.37. The molecule has 6 nitrogen and oxygen atoms in total. The van der Waals surface area contributed by atoms with Crippen LogP contribution < -0.4 is 10.6 Å². The summed E-state index contributed by atoms with van der Waals surface area (Å²) in [6, 6.07) is 5.40. The van der Waals surface area contributed by atoms with Crippen molar-refractivity contribution in [1.82, 2.24) is 5.32 Å². The molecule has 108 valence electrons. The molecule has 0 aliphatic carbocycles. The lowest BCUT2D eigenvalue weighted by Gasteiger charge is -2.21. The number of aromatic carboxylic acids is 1. The molecule has 1 atom stereocenters. The number of nitrogens with one attached hydrogen (secondary N) is 2. The second-order valence-corrected chi connectivity index (χ2v) is 4.76. The summed E-state index contributed by atoms with van der Waals surface area (Å²) < 4.78 is 0. The van der Waals surface area contributed by atoms with E-state index in [1.54, 1.807) is 26.0 Å². The number of carbonyl (C=O) groups excluding carboxylic acids is 2. The first-order valence-electron chi connectivity index (χ1n) is 6.23. The van der Waals surface area contributed by atoms with Gasteiger partial charge in [0.2, 0.25) is 11.8 Å². The zero-order chi connectivity index (χ0) is 15.3. The average Bonchev–Trinajstić information content (AvgIpc) is 2.35. The van der Waals surface area contributed by atoms with Crippen molar-refractivity contribution >= 4 is 23.5 Å². The molecule has 0 bridgehead atoms. The number of anilines is 1. The van der Waals surface area contributed by atoms with Crippen LogP contribution >= 0.6 is 0 Å². The first kappa shape index (κ1) is 15.7. The van der Waals surface area contributed by atoms with Crippen molar-refractivity contribution < 1.29 is 19.5 Å². The summed E-state index contributed by atoms with van der Waals surface area (Å²) in [5, 5.41) is 14.1. The molecule has 1 unspecified atom stereocenters. The summed E-state index contributed by atoms with van der Waals surface area (Å²) in [7, 11) is 0. The number of hydrogen-bond acceptors (Lipinski definition) is 3. The van der Waals surface area contributed by atoms with Gasteiger partial charge in [-0.05, 0) is 18.1 Å². The van der Waals surface area contributed by atoms with Gasteiger partial charge in [-0.3, -0.25) is 9.59 Å². The minimum atomic E-state index is -1.12. The van der Waals surface area contributed by atoms with Crippen molar-refractivity contribution in [2.45, 2.75) is 26.8 Å². The van der Waals surface area contributed by atoms with Crippen molar-refractivity contribution in [3.63, 3.8) is 0 Å². The smallest absolute Gasteiger partial charge is 0.337 e. The van der Waals surface area contributed by atoms with E-state index in [4.69, 9.17) is 5.11 Å². The molecule has 0 aliphatic rings. The summed E-state index contributed by atoms with van der Waals surface area (Å²) in [6.45, 7) is 4.92. The van der Waals surface area contributed by atoms with Gasteiger partial charge in [0.25, 0.3) is 0 Å². The molecule has 0 fully saturated rings. The fourth-order valence-corrected chi connectivity index (χ4v) is 1.74. The van der Waals surface area contributed by atoms with Crippen LogP contribution in [0.5, 0.6) is 0 Å². The predicted octanol–water partition coefficient (Wildman–Crippen LogP) is 1.48. The largest absolute Gasteiger partial charge is 0.478 e. The lowest BCUT2D eigenvalue weighted by Crippen LogP contribution is -2.46. The van der Waals surface area contributed by atoms with Crippen LogP contribution in [0.3, 0.4) is 0 Å². The molecule has 1 rings (SSSR count). The number of amides is 2. The second kappa shape index (κ2) is 6.70. The van der Waals surface area contributed by atoms with Crippen LogP contribution in [0.2, 0.25) is 0 Å². The van der Waals surface area contributed by atoms with Gasteiger partial charge >= 0.3 is 5.97 Å². The molecule has 0 radical (unpaired) electrons. The Kier molecular flexibility index (Phi) is 5.25. The number of carboxylic acids is 1. The standard InChI is InChI=1S/C14H18N2O4/c1-8(2)12(15-9(3)17)13(18)16-11-7-5-4-6-10(11)14(19)20/h4-8,12H,1-3H3,(H,15,17)(H,16,18)(H,19,20). The summed E-state index contributed by atoms with van der Waals surface area (Å²) in [5.41, 5.74) is 0.215. The Morgan fingerprint density at radius 1 is 1.15 bits per heavy atom.